The molecule has 0 saturated carbocycles. The third-order valence-electron chi connectivity index (χ3n) is 3.15. The van der Waals surface area contributed by atoms with Crippen molar-refractivity contribution >= 4 is 33.5 Å². The molecule has 0 amide bonds. The Kier molecular flexibility index (Phi) is 4.84. The average Bonchev–Trinajstić information content (AvgIpc) is 2.46. The highest BCUT2D eigenvalue weighted by molar-refractivity contribution is 9.10. The second kappa shape index (κ2) is 6.44. The van der Waals surface area contributed by atoms with Gasteiger partial charge < -0.3 is 10.9 Å². The number of aromatic nitrogens is 2. The van der Waals surface area contributed by atoms with Crippen molar-refractivity contribution in [1.29, 1.82) is 0 Å². The van der Waals surface area contributed by atoms with Gasteiger partial charge in [0.15, 0.2) is 11.0 Å². The summed E-state index contributed by atoms with van der Waals surface area (Å²) < 4.78 is 0.844. The highest BCUT2D eigenvalue weighted by Crippen LogP contribution is 2.32. The quantitative estimate of drug-likeness (QED) is 0.286. The van der Waals surface area contributed by atoms with E-state index in [-0.39, 0.29) is 5.84 Å². The molecule has 0 atom stereocenters. The van der Waals surface area contributed by atoms with Gasteiger partial charge in [-0.15, -0.1) is 0 Å². The zero-order chi connectivity index (χ0) is 15.6. The maximum absolute atomic E-state index is 8.69. The van der Waals surface area contributed by atoms with Gasteiger partial charge in [0, 0.05) is 26.3 Å². The van der Waals surface area contributed by atoms with Crippen molar-refractivity contribution in [3.05, 3.63) is 45.2 Å². The first-order chi connectivity index (χ1) is 9.92. The Labute approximate surface area is 135 Å². The molecule has 0 aliphatic heterocycles. The monoisotopic (exact) mass is 366 g/mol. The summed E-state index contributed by atoms with van der Waals surface area (Å²) in [5, 5.41) is 12.4. The summed E-state index contributed by atoms with van der Waals surface area (Å²) in [6.45, 7) is 5.97. The van der Waals surface area contributed by atoms with Gasteiger partial charge in [-0.2, -0.15) is 0 Å². The summed E-state index contributed by atoms with van der Waals surface area (Å²) in [6, 6.07) is 5.47. The maximum Gasteiger partial charge on any atom is 0.192 e. The summed E-state index contributed by atoms with van der Waals surface area (Å²) in [6.07, 6.45) is 0. The summed E-state index contributed by atoms with van der Waals surface area (Å²) in [4.78, 5) is 9.94. The number of amidine groups is 1. The van der Waals surface area contributed by atoms with Crippen LogP contribution in [0.3, 0.4) is 0 Å². The lowest BCUT2D eigenvalue weighted by Gasteiger charge is -2.08. The number of oxime groups is 1. The molecule has 2 rings (SSSR count). The summed E-state index contributed by atoms with van der Waals surface area (Å²) in [5.74, 6) is 0.0746. The Morgan fingerprint density at radius 1 is 1.24 bits per heavy atom. The smallest absolute Gasteiger partial charge is 0.192 e. The van der Waals surface area contributed by atoms with E-state index in [4.69, 9.17) is 10.9 Å². The predicted octanol–water partition coefficient (Wildman–Crippen LogP) is 3.41. The van der Waals surface area contributed by atoms with Crippen LogP contribution >= 0.6 is 27.7 Å². The Morgan fingerprint density at radius 2 is 1.86 bits per heavy atom. The number of aryl methyl sites for hydroxylation is 2. The normalized spacial score (nSPS) is 11.7. The zero-order valence-corrected chi connectivity index (χ0v) is 14.3. The van der Waals surface area contributed by atoms with Crippen LogP contribution in [0.2, 0.25) is 0 Å². The molecule has 7 heteroatoms. The van der Waals surface area contributed by atoms with Gasteiger partial charge in [-0.3, -0.25) is 0 Å². The second-order valence-corrected chi connectivity index (χ2v) is 6.40. The van der Waals surface area contributed by atoms with E-state index < -0.39 is 0 Å². The van der Waals surface area contributed by atoms with Crippen molar-refractivity contribution in [2.75, 3.05) is 0 Å². The molecule has 5 nitrogen and oxygen atoms in total. The predicted molar refractivity (Wildman–Crippen MR) is 87.0 cm³/mol. The van der Waals surface area contributed by atoms with E-state index in [1.54, 1.807) is 12.1 Å². The first kappa shape index (κ1) is 15.8. The van der Waals surface area contributed by atoms with Gasteiger partial charge in [0.2, 0.25) is 0 Å². The number of hydrogen-bond acceptors (Lipinski definition) is 5. The summed E-state index contributed by atoms with van der Waals surface area (Å²) in [7, 11) is 0. The number of nitrogens with zero attached hydrogens (tertiary/aromatic N) is 3. The van der Waals surface area contributed by atoms with Crippen LogP contribution in [0, 0.1) is 20.8 Å². The van der Waals surface area contributed by atoms with Gasteiger partial charge in [0.25, 0.3) is 0 Å². The number of benzene rings is 1. The number of hydrogen-bond donors (Lipinski definition) is 2. The van der Waals surface area contributed by atoms with Crippen LogP contribution in [0.25, 0.3) is 0 Å². The van der Waals surface area contributed by atoms with Crippen LogP contribution in [0.15, 0.2) is 37.9 Å². The standard InChI is InChI=1S/C14H15BrN4OS/c1-7-8(2)17-14(18-9(7)3)21-12-5-4-10(6-11(12)15)13(16)19-20/h4-6,20H,1-3H3,(H2,16,19). The van der Waals surface area contributed by atoms with E-state index in [1.165, 1.54) is 11.8 Å². The van der Waals surface area contributed by atoms with E-state index in [1.807, 2.05) is 26.8 Å². The molecular formula is C14H15BrN4OS. The van der Waals surface area contributed by atoms with Crippen LogP contribution < -0.4 is 5.73 Å². The van der Waals surface area contributed by atoms with Gasteiger partial charge in [0.1, 0.15) is 0 Å². The molecule has 1 aromatic carbocycles. The van der Waals surface area contributed by atoms with Crippen molar-refractivity contribution in [2.24, 2.45) is 10.9 Å². The lowest BCUT2D eigenvalue weighted by atomic mass is 10.2. The molecule has 0 radical (unpaired) electrons. The number of rotatable bonds is 3. The second-order valence-electron chi connectivity index (χ2n) is 4.53. The molecule has 1 aromatic heterocycles. The largest absolute Gasteiger partial charge is 0.409 e. The van der Waals surface area contributed by atoms with E-state index in [0.717, 1.165) is 26.3 Å². The third kappa shape index (κ3) is 3.54. The first-order valence-electron chi connectivity index (χ1n) is 6.19. The van der Waals surface area contributed by atoms with Crippen molar-refractivity contribution in [3.63, 3.8) is 0 Å². The molecule has 110 valence electrons. The molecule has 0 fully saturated rings. The molecule has 0 spiro atoms. The van der Waals surface area contributed by atoms with Crippen molar-refractivity contribution in [1.82, 2.24) is 9.97 Å². The fraction of sp³-hybridized carbons (Fsp3) is 0.214. The van der Waals surface area contributed by atoms with Crippen molar-refractivity contribution in [3.8, 4) is 0 Å². The maximum atomic E-state index is 8.69. The van der Waals surface area contributed by atoms with Gasteiger partial charge in [-0.05, 0) is 72.2 Å². The van der Waals surface area contributed by atoms with Crippen molar-refractivity contribution in [2.45, 2.75) is 30.8 Å². The molecular weight excluding hydrogens is 352 g/mol. The molecule has 1 heterocycles. The Bertz CT molecular complexity index is 695. The van der Waals surface area contributed by atoms with Gasteiger partial charge in [0.05, 0.1) is 0 Å². The minimum Gasteiger partial charge on any atom is -0.409 e. The zero-order valence-electron chi connectivity index (χ0n) is 11.9. The molecule has 0 bridgehead atoms. The highest BCUT2D eigenvalue weighted by Gasteiger charge is 2.10. The van der Waals surface area contributed by atoms with E-state index in [2.05, 4.69) is 31.1 Å². The summed E-state index contributed by atoms with van der Waals surface area (Å²) >= 11 is 4.95. The fourth-order valence-electron chi connectivity index (χ4n) is 1.69. The minimum atomic E-state index is 0.0746. The van der Waals surface area contributed by atoms with E-state index in [9.17, 15) is 0 Å². The Hall–Kier alpha value is -1.60. The van der Waals surface area contributed by atoms with Gasteiger partial charge >= 0.3 is 0 Å². The molecule has 21 heavy (non-hydrogen) atoms. The summed E-state index contributed by atoms with van der Waals surface area (Å²) in [5.41, 5.74) is 9.29. The fourth-order valence-corrected chi connectivity index (χ4v) is 3.16. The molecule has 2 aromatic rings. The Balaban J connectivity index is 2.32. The molecule has 3 N–H and O–H groups in total. The molecule has 0 aliphatic carbocycles. The molecule has 0 saturated heterocycles. The van der Waals surface area contributed by atoms with Gasteiger partial charge in [-0.25, -0.2) is 9.97 Å². The SMILES string of the molecule is Cc1nc(Sc2ccc(/C(N)=N/O)cc2Br)nc(C)c1C. The average molecular weight is 367 g/mol. The number of nitrogens with two attached hydrogens (primary N) is 1. The molecule has 0 aliphatic rings. The highest BCUT2D eigenvalue weighted by atomic mass is 79.9. The third-order valence-corrected chi connectivity index (χ3v) is 5.01. The van der Waals surface area contributed by atoms with Crippen LogP contribution in [0.1, 0.15) is 22.5 Å². The van der Waals surface area contributed by atoms with Crippen LogP contribution in [-0.4, -0.2) is 21.0 Å². The van der Waals surface area contributed by atoms with Crippen LogP contribution in [0.5, 0.6) is 0 Å². The van der Waals surface area contributed by atoms with E-state index >= 15 is 0 Å². The molecule has 0 unspecified atom stereocenters. The topological polar surface area (TPSA) is 84.4 Å². The Morgan fingerprint density at radius 3 is 2.38 bits per heavy atom. The minimum absolute atomic E-state index is 0.0746. The van der Waals surface area contributed by atoms with Crippen LogP contribution in [0.4, 0.5) is 0 Å². The number of halogens is 1. The lowest BCUT2D eigenvalue weighted by Crippen LogP contribution is -2.12. The van der Waals surface area contributed by atoms with Gasteiger partial charge in [-0.1, -0.05) is 5.16 Å². The lowest BCUT2D eigenvalue weighted by molar-refractivity contribution is 0.318. The first-order valence-corrected chi connectivity index (χ1v) is 7.80. The van der Waals surface area contributed by atoms with Crippen molar-refractivity contribution < 1.29 is 5.21 Å². The van der Waals surface area contributed by atoms with E-state index in [0.29, 0.717) is 10.7 Å². The van der Waals surface area contributed by atoms with Crippen LogP contribution in [-0.2, 0) is 0 Å².